The van der Waals surface area contributed by atoms with Crippen LogP contribution in [0.3, 0.4) is 0 Å². The van der Waals surface area contributed by atoms with Gasteiger partial charge in [0.2, 0.25) is 10.0 Å². The smallest absolute Gasteiger partial charge is 0.240 e. The summed E-state index contributed by atoms with van der Waals surface area (Å²) >= 11 is 0. The zero-order chi connectivity index (χ0) is 18.6. The molecule has 0 saturated carbocycles. The Hall–Kier alpha value is -1.96. The molecule has 1 fully saturated rings. The van der Waals surface area contributed by atoms with Gasteiger partial charge in [-0.2, -0.15) is 0 Å². The maximum absolute atomic E-state index is 12.8. The third-order valence-corrected chi connectivity index (χ3v) is 6.18. The number of nitrogens with zero attached hydrogens (tertiary/aromatic N) is 1. The molecule has 1 aromatic carbocycles. The monoisotopic (exact) mass is 376 g/mol. The molecular formula is C19H24N2O4S. The summed E-state index contributed by atoms with van der Waals surface area (Å²) in [6, 6.07) is 8.60. The van der Waals surface area contributed by atoms with E-state index in [1.807, 2.05) is 19.1 Å². The highest BCUT2D eigenvalue weighted by molar-refractivity contribution is 7.89. The van der Waals surface area contributed by atoms with Crippen molar-refractivity contribution in [3.63, 3.8) is 0 Å². The predicted molar refractivity (Wildman–Crippen MR) is 98.7 cm³/mol. The average molecular weight is 376 g/mol. The van der Waals surface area contributed by atoms with E-state index in [4.69, 9.17) is 9.47 Å². The van der Waals surface area contributed by atoms with E-state index < -0.39 is 10.0 Å². The molecule has 7 heteroatoms. The molecule has 0 spiro atoms. The first-order chi connectivity index (χ1) is 12.5. The van der Waals surface area contributed by atoms with Crippen LogP contribution < -0.4 is 9.46 Å². The first-order valence-electron chi connectivity index (χ1n) is 8.69. The molecule has 2 atom stereocenters. The number of methoxy groups -OCH3 is 1. The quantitative estimate of drug-likeness (QED) is 0.801. The molecule has 1 aliphatic rings. The number of ether oxygens (including phenoxy) is 2. The molecule has 1 N–H and O–H groups in total. The van der Waals surface area contributed by atoms with Gasteiger partial charge in [0.25, 0.3) is 0 Å². The van der Waals surface area contributed by atoms with Crippen LogP contribution in [-0.2, 0) is 27.6 Å². The fourth-order valence-electron chi connectivity index (χ4n) is 3.22. The summed E-state index contributed by atoms with van der Waals surface area (Å²) in [6.45, 7) is 2.89. The van der Waals surface area contributed by atoms with Crippen LogP contribution in [0.5, 0.6) is 5.75 Å². The molecule has 1 saturated heterocycles. The van der Waals surface area contributed by atoms with Gasteiger partial charge in [0.1, 0.15) is 5.75 Å². The van der Waals surface area contributed by atoms with E-state index in [-0.39, 0.29) is 16.9 Å². The van der Waals surface area contributed by atoms with Crippen LogP contribution in [0, 0.1) is 5.92 Å². The average Bonchev–Trinajstić information content (AvgIpc) is 3.07. The minimum atomic E-state index is -3.62. The Balaban J connectivity index is 1.76. The van der Waals surface area contributed by atoms with Crippen molar-refractivity contribution in [2.45, 2.75) is 30.7 Å². The largest absolute Gasteiger partial charge is 0.496 e. The molecule has 1 aromatic heterocycles. The molecule has 0 radical (unpaired) electrons. The molecule has 2 unspecified atom stereocenters. The van der Waals surface area contributed by atoms with Crippen LogP contribution >= 0.6 is 0 Å². The Morgan fingerprint density at radius 3 is 2.69 bits per heavy atom. The van der Waals surface area contributed by atoms with Crippen molar-refractivity contribution in [2.75, 3.05) is 20.3 Å². The van der Waals surface area contributed by atoms with Gasteiger partial charge in [0.15, 0.2) is 0 Å². The van der Waals surface area contributed by atoms with Crippen molar-refractivity contribution in [2.24, 2.45) is 5.92 Å². The Labute approximate surface area is 154 Å². The normalized spacial score (nSPS) is 20.2. The zero-order valence-corrected chi connectivity index (χ0v) is 15.8. The van der Waals surface area contributed by atoms with Gasteiger partial charge in [-0.1, -0.05) is 6.92 Å². The molecule has 3 rings (SSSR count). The van der Waals surface area contributed by atoms with Crippen molar-refractivity contribution in [1.82, 2.24) is 9.71 Å². The molecule has 1 aliphatic heterocycles. The van der Waals surface area contributed by atoms with Crippen molar-refractivity contribution < 1.29 is 17.9 Å². The molecule has 0 amide bonds. The van der Waals surface area contributed by atoms with Gasteiger partial charge < -0.3 is 9.47 Å². The minimum Gasteiger partial charge on any atom is -0.496 e. The number of nitrogens with one attached hydrogen (secondary N) is 1. The SMILES string of the molecule is CCc1cc(S(=O)(=O)NC2COCC2Cc2ccncc2)ccc1OC. The second-order valence-corrected chi connectivity index (χ2v) is 8.13. The maximum Gasteiger partial charge on any atom is 0.240 e. The van der Waals surface area contributed by atoms with Crippen molar-refractivity contribution >= 4 is 10.0 Å². The summed E-state index contributed by atoms with van der Waals surface area (Å²) in [4.78, 5) is 4.27. The second-order valence-electron chi connectivity index (χ2n) is 6.41. The molecule has 2 aromatic rings. The Kier molecular flexibility index (Phi) is 5.90. The second kappa shape index (κ2) is 8.16. The standard InChI is InChI=1S/C19H24N2O4S/c1-3-15-11-17(4-5-19(15)24-2)26(22,23)21-18-13-25-12-16(18)10-14-6-8-20-9-7-14/h4-9,11,16,18,21H,3,10,12-13H2,1-2H3. The summed E-state index contributed by atoms with van der Waals surface area (Å²) in [6.07, 6.45) is 4.93. The fraction of sp³-hybridized carbons (Fsp3) is 0.421. The van der Waals surface area contributed by atoms with Crippen LogP contribution in [0.25, 0.3) is 0 Å². The lowest BCUT2D eigenvalue weighted by atomic mass is 9.96. The number of rotatable bonds is 7. The lowest BCUT2D eigenvalue weighted by Crippen LogP contribution is -2.40. The number of hydrogen-bond acceptors (Lipinski definition) is 5. The highest BCUT2D eigenvalue weighted by Crippen LogP contribution is 2.25. The Morgan fingerprint density at radius 1 is 1.23 bits per heavy atom. The number of benzene rings is 1. The minimum absolute atomic E-state index is 0.0936. The molecule has 26 heavy (non-hydrogen) atoms. The van der Waals surface area contributed by atoms with Gasteiger partial charge in [0, 0.05) is 18.3 Å². The van der Waals surface area contributed by atoms with Crippen LogP contribution in [0.2, 0.25) is 0 Å². The van der Waals surface area contributed by atoms with Crippen molar-refractivity contribution in [3.05, 3.63) is 53.9 Å². The number of pyridine rings is 1. The number of aryl methyl sites for hydroxylation is 1. The van der Waals surface area contributed by atoms with Crippen LogP contribution in [0.1, 0.15) is 18.1 Å². The lowest BCUT2D eigenvalue weighted by molar-refractivity contribution is 0.183. The van der Waals surface area contributed by atoms with Gasteiger partial charge in [-0.3, -0.25) is 4.98 Å². The van der Waals surface area contributed by atoms with Crippen LogP contribution in [0.15, 0.2) is 47.6 Å². The highest BCUT2D eigenvalue weighted by Gasteiger charge is 2.32. The van der Waals surface area contributed by atoms with E-state index in [1.54, 1.807) is 37.7 Å². The van der Waals surface area contributed by atoms with E-state index in [1.165, 1.54) is 0 Å². The van der Waals surface area contributed by atoms with Crippen LogP contribution in [-0.4, -0.2) is 39.8 Å². The lowest BCUT2D eigenvalue weighted by Gasteiger charge is -2.19. The third-order valence-electron chi connectivity index (χ3n) is 4.70. The predicted octanol–water partition coefficient (Wildman–Crippen LogP) is 2.19. The van der Waals surface area contributed by atoms with Gasteiger partial charge in [-0.05, 0) is 54.3 Å². The Morgan fingerprint density at radius 2 is 2.00 bits per heavy atom. The first-order valence-corrected chi connectivity index (χ1v) is 10.2. The van der Waals surface area contributed by atoms with E-state index in [9.17, 15) is 8.42 Å². The number of sulfonamides is 1. The number of hydrogen-bond donors (Lipinski definition) is 1. The van der Waals surface area contributed by atoms with Gasteiger partial charge >= 0.3 is 0 Å². The van der Waals surface area contributed by atoms with E-state index >= 15 is 0 Å². The topological polar surface area (TPSA) is 77.5 Å². The summed E-state index contributed by atoms with van der Waals surface area (Å²) in [5, 5.41) is 0. The van der Waals surface area contributed by atoms with E-state index in [0.29, 0.717) is 25.4 Å². The van der Waals surface area contributed by atoms with E-state index in [2.05, 4.69) is 9.71 Å². The van der Waals surface area contributed by atoms with Crippen LogP contribution in [0.4, 0.5) is 0 Å². The molecule has 0 bridgehead atoms. The fourth-order valence-corrected chi connectivity index (χ4v) is 4.56. The summed E-state index contributed by atoms with van der Waals surface area (Å²) in [5.41, 5.74) is 1.99. The highest BCUT2D eigenvalue weighted by atomic mass is 32.2. The van der Waals surface area contributed by atoms with Crippen molar-refractivity contribution in [1.29, 1.82) is 0 Å². The van der Waals surface area contributed by atoms with Gasteiger partial charge in [-0.25, -0.2) is 13.1 Å². The third kappa shape index (κ3) is 4.23. The molecule has 0 aliphatic carbocycles. The molecule has 140 valence electrons. The maximum atomic E-state index is 12.8. The molecule has 2 heterocycles. The summed E-state index contributed by atoms with van der Waals surface area (Å²) < 4.78 is 39.3. The number of aromatic nitrogens is 1. The Bertz CT molecular complexity index is 840. The van der Waals surface area contributed by atoms with Gasteiger partial charge in [-0.15, -0.1) is 0 Å². The van der Waals surface area contributed by atoms with Gasteiger partial charge in [0.05, 0.1) is 31.3 Å². The van der Waals surface area contributed by atoms with Crippen molar-refractivity contribution in [3.8, 4) is 5.75 Å². The summed E-state index contributed by atoms with van der Waals surface area (Å²) in [5.74, 6) is 0.794. The molecular weight excluding hydrogens is 352 g/mol. The molecule has 6 nitrogen and oxygen atoms in total. The first kappa shape index (κ1) is 18.8. The van der Waals surface area contributed by atoms with E-state index in [0.717, 1.165) is 17.5 Å². The summed E-state index contributed by atoms with van der Waals surface area (Å²) in [7, 11) is -2.04. The zero-order valence-electron chi connectivity index (χ0n) is 15.0.